The Morgan fingerprint density at radius 1 is 0.478 bits per heavy atom. The van der Waals surface area contributed by atoms with Gasteiger partial charge in [0.05, 0.1) is 0 Å². The SMILES string of the molecule is [B]c1cc(CCc2ccccc2)cc(CCc2ccccc2)c1. The van der Waals surface area contributed by atoms with Gasteiger partial charge < -0.3 is 0 Å². The lowest BCUT2D eigenvalue weighted by molar-refractivity contribution is 0.933. The van der Waals surface area contributed by atoms with Crippen LogP contribution < -0.4 is 5.46 Å². The van der Waals surface area contributed by atoms with Gasteiger partial charge in [0.2, 0.25) is 0 Å². The summed E-state index contributed by atoms with van der Waals surface area (Å²) < 4.78 is 0. The van der Waals surface area contributed by atoms with Crippen LogP contribution in [-0.2, 0) is 25.7 Å². The van der Waals surface area contributed by atoms with E-state index in [0.717, 1.165) is 31.1 Å². The maximum absolute atomic E-state index is 6.10. The quantitative estimate of drug-likeness (QED) is 0.602. The minimum atomic E-state index is 0.874. The van der Waals surface area contributed by atoms with Gasteiger partial charge in [0.1, 0.15) is 7.85 Å². The topological polar surface area (TPSA) is 0 Å². The lowest BCUT2D eigenvalue weighted by Crippen LogP contribution is -2.07. The van der Waals surface area contributed by atoms with Crippen molar-refractivity contribution in [2.45, 2.75) is 25.7 Å². The van der Waals surface area contributed by atoms with E-state index in [1.807, 2.05) is 0 Å². The monoisotopic (exact) mass is 296 g/mol. The molecule has 2 radical (unpaired) electrons. The fraction of sp³-hybridized carbons (Fsp3) is 0.182. The third-order valence-corrected chi connectivity index (χ3v) is 4.17. The maximum Gasteiger partial charge on any atom is 0.113 e. The minimum Gasteiger partial charge on any atom is -0.0961 e. The highest BCUT2D eigenvalue weighted by molar-refractivity contribution is 6.32. The van der Waals surface area contributed by atoms with Crippen LogP contribution in [0.5, 0.6) is 0 Å². The zero-order valence-corrected chi connectivity index (χ0v) is 13.4. The highest BCUT2D eigenvalue weighted by Gasteiger charge is 2.01. The molecule has 0 unspecified atom stereocenters. The summed E-state index contributed by atoms with van der Waals surface area (Å²) in [6, 6.07) is 27.8. The molecule has 0 saturated carbocycles. The van der Waals surface area contributed by atoms with Gasteiger partial charge >= 0.3 is 0 Å². The third kappa shape index (κ3) is 4.86. The summed E-state index contributed by atoms with van der Waals surface area (Å²) in [6.45, 7) is 0. The molecule has 0 atom stereocenters. The van der Waals surface area contributed by atoms with Crippen molar-refractivity contribution in [1.29, 1.82) is 0 Å². The van der Waals surface area contributed by atoms with Crippen molar-refractivity contribution in [3.05, 3.63) is 101 Å². The standard InChI is InChI=1S/C22H21B/c23-22-16-20(13-11-18-7-3-1-4-8-18)15-21(17-22)14-12-19-9-5-2-6-10-19/h1-10,15-17H,11-14H2. The Bertz CT molecular complexity index is 671. The van der Waals surface area contributed by atoms with Crippen LogP contribution in [0, 0.1) is 0 Å². The molecule has 0 aliphatic carbocycles. The summed E-state index contributed by atoms with van der Waals surface area (Å²) in [7, 11) is 6.10. The number of rotatable bonds is 6. The zero-order valence-electron chi connectivity index (χ0n) is 13.4. The van der Waals surface area contributed by atoms with Gasteiger partial charge in [0.15, 0.2) is 0 Å². The lowest BCUT2D eigenvalue weighted by Gasteiger charge is -2.09. The molecule has 0 amide bonds. The van der Waals surface area contributed by atoms with Crippen LogP contribution in [0.25, 0.3) is 0 Å². The van der Waals surface area contributed by atoms with E-state index < -0.39 is 0 Å². The molecule has 0 aromatic heterocycles. The highest BCUT2D eigenvalue weighted by Crippen LogP contribution is 2.11. The Morgan fingerprint density at radius 2 is 0.870 bits per heavy atom. The fourth-order valence-electron chi connectivity index (χ4n) is 2.95. The Kier molecular flexibility index (Phi) is 5.31. The molecule has 3 aromatic rings. The van der Waals surface area contributed by atoms with Crippen molar-refractivity contribution >= 4 is 13.3 Å². The molecule has 0 heterocycles. The second-order valence-electron chi connectivity index (χ2n) is 6.05. The maximum atomic E-state index is 6.10. The predicted molar refractivity (Wildman–Crippen MR) is 99.5 cm³/mol. The van der Waals surface area contributed by atoms with Crippen molar-refractivity contribution in [3.8, 4) is 0 Å². The first-order valence-electron chi connectivity index (χ1n) is 8.26. The molecule has 3 rings (SSSR count). The largest absolute Gasteiger partial charge is 0.113 e. The summed E-state index contributed by atoms with van der Waals surface area (Å²) in [6.07, 6.45) is 4.19. The number of hydrogen-bond donors (Lipinski definition) is 0. The minimum absolute atomic E-state index is 0.874. The summed E-state index contributed by atoms with van der Waals surface area (Å²) in [5.74, 6) is 0. The van der Waals surface area contributed by atoms with Crippen LogP contribution >= 0.6 is 0 Å². The van der Waals surface area contributed by atoms with Crippen LogP contribution in [0.15, 0.2) is 78.9 Å². The molecule has 0 aliphatic rings. The van der Waals surface area contributed by atoms with Gasteiger partial charge in [-0.1, -0.05) is 84.3 Å². The first-order chi connectivity index (χ1) is 11.3. The first kappa shape index (κ1) is 15.6. The summed E-state index contributed by atoms with van der Waals surface area (Å²) >= 11 is 0. The van der Waals surface area contributed by atoms with E-state index in [1.165, 1.54) is 22.3 Å². The van der Waals surface area contributed by atoms with Gasteiger partial charge in [0.25, 0.3) is 0 Å². The normalized spacial score (nSPS) is 10.6. The second-order valence-corrected chi connectivity index (χ2v) is 6.05. The molecule has 0 bridgehead atoms. The number of benzene rings is 3. The molecule has 0 saturated heterocycles. The zero-order chi connectivity index (χ0) is 15.9. The molecule has 0 aliphatic heterocycles. The first-order valence-corrected chi connectivity index (χ1v) is 8.26. The van der Waals surface area contributed by atoms with Crippen molar-refractivity contribution < 1.29 is 0 Å². The van der Waals surface area contributed by atoms with Gasteiger partial charge in [-0.15, -0.1) is 0 Å². The van der Waals surface area contributed by atoms with E-state index in [0.29, 0.717) is 0 Å². The Balaban J connectivity index is 1.64. The molecule has 112 valence electrons. The summed E-state index contributed by atoms with van der Waals surface area (Å²) in [5, 5.41) is 0. The Morgan fingerprint density at radius 3 is 1.30 bits per heavy atom. The Labute approximate surface area is 140 Å². The number of hydrogen-bond acceptors (Lipinski definition) is 0. The third-order valence-electron chi connectivity index (χ3n) is 4.17. The molecule has 0 N–H and O–H groups in total. The number of aryl methyl sites for hydroxylation is 4. The summed E-state index contributed by atoms with van der Waals surface area (Å²) in [5.41, 5.74) is 6.29. The Hall–Kier alpha value is -2.28. The van der Waals surface area contributed by atoms with Gasteiger partial charge in [-0.3, -0.25) is 0 Å². The molecular weight excluding hydrogens is 275 g/mol. The van der Waals surface area contributed by atoms with Crippen LogP contribution in [0.1, 0.15) is 22.3 Å². The van der Waals surface area contributed by atoms with Gasteiger partial charge in [-0.2, -0.15) is 0 Å². The van der Waals surface area contributed by atoms with Crippen molar-refractivity contribution in [2.24, 2.45) is 0 Å². The van der Waals surface area contributed by atoms with E-state index in [9.17, 15) is 0 Å². The van der Waals surface area contributed by atoms with Crippen molar-refractivity contribution in [2.75, 3.05) is 0 Å². The molecular formula is C22H21B. The van der Waals surface area contributed by atoms with Crippen molar-refractivity contribution in [3.63, 3.8) is 0 Å². The van der Waals surface area contributed by atoms with E-state index in [2.05, 4.69) is 78.9 Å². The molecule has 3 aromatic carbocycles. The molecule has 1 heteroatoms. The van der Waals surface area contributed by atoms with E-state index in [4.69, 9.17) is 7.85 Å². The predicted octanol–water partition coefficient (Wildman–Crippen LogP) is 4.05. The van der Waals surface area contributed by atoms with Gasteiger partial charge in [-0.25, -0.2) is 0 Å². The van der Waals surface area contributed by atoms with Gasteiger partial charge in [-0.05, 0) is 47.9 Å². The van der Waals surface area contributed by atoms with E-state index in [1.54, 1.807) is 0 Å². The smallest absolute Gasteiger partial charge is 0.0961 e. The summed E-state index contributed by atoms with van der Waals surface area (Å²) in [4.78, 5) is 0. The molecule has 0 fully saturated rings. The van der Waals surface area contributed by atoms with Crippen LogP contribution in [-0.4, -0.2) is 7.85 Å². The molecule has 0 nitrogen and oxygen atoms in total. The van der Waals surface area contributed by atoms with Crippen LogP contribution in [0.4, 0.5) is 0 Å². The van der Waals surface area contributed by atoms with Crippen LogP contribution in [0.3, 0.4) is 0 Å². The second kappa shape index (κ2) is 7.83. The van der Waals surface area contributed by atoms with E-state index >= 15 is 0 Å². The average molecular weight is 296 g/mol. The molecule has 23 heavy (non-hydrogen) atoms. The fourth-order valence-corrected chi connectivity index (χ4v) is 2.95. The van der Waals surface area contributed by atoms with Gasteiger partial charge in [0, 0.05) is 0 Å². The average Bonchev–Trinajstić information content (AvgIpc) is 2.60. The molecule has 0 spiro atoms. The highest BCUT2D eigenvalue weighted by atomic mass is 14.1. The lowest BCUT2D eigenvalue weighted by atomic mass is 9.89. The van der Waals surface area contributed by atoms with Crippen molar-refractivity contribution in [1.82, 2.24) is 0 Å². The van der Waals surface area contributed by atoms with Crippen LogP contribution in [0.2, 0.25) is 0 Å². The van der Waals surface area contributed by atoms with E-state index in [-0.39, 0.29) is 0 Å².